The van der Waals surface area contributed by atoms with Gasteiger partial charge in [0.2, 0.25) is 0 Å². The Labute approximate surface area is 194 Å². The monoisotopic (exact) mass is 454 g/mol. The van der Waals surface area contributed by atoms with Crippen molar-refractivity contribution in [2.75, 3.05) is 6.76 Å². The number of rotatable bonds is 6. The molecule has 0 aliphatic rings. The number of hydrogen-bond donors (Lipinski definition) is 0. The predicted octanol–water partition coefficient (Wildman–Crippen LogP) is 0.584. The summed E-state index contributed by atoms with van der Waals surface area (Å²) in [5.74, 6) is 0. The van der Waals surface area contributed by atoms with E-state index in [-0.39, 0.29) is 24.8 Å². The summed E-state index contributed by atoms with van der Waals surface area (Å²) < 4.78 is 4.92. The molecule has 0 radical (unpaired) electrons. The molecule has 0 aliphatic heterocycles. The zero-order valence-corrected chi connectivity index (χ0v) is 18.8. The van der Waals surface area contributed by atoms with Crippen molar-refractivity contribution in [3.63, 3.8) is 0 Å². The van der Waals surface area contributed by atoms with Gasteiger partial charge in [-0.3, -0.25) is 0 Å². The van der Waals surface area contributed by atoms with Crippen molar-refractivity contribution in [1.29, 1.82) is 0 Å². The number of hydrogen-bond acceptors (Lipinski definition) is 2. The van der Waals surface area contributed by atoms with Gasteiger partial charge >= 0.3 is 171 Å². The van der Waals surface area contributed by atoms with Crippen LogP contribution in [0.3, 0.4) is 0 Å². The van der Waals surface area contributed by atoms with Crippen LogP contribution >= 0.6 is 0 Å². The third-order valence-corrected chi connectivity index (χ3v) is 6.49. The summed E-state index contributed by atoms with van der Waals surface area (Å²) in [6.07, 6.45) is 0. The van der Waals surface area contributed by atoms with Gasteiger partial charge in [0.05, 0.1) is 0 Å². The third-order valence-electron chi connectivity index (χ3n) is 4.26. The van der Waals surface area contributed by atoms with Crippen molar-refractivity contribution in [2.24, 2.45) is 0 Å². The molecular formula is C24H20Cl2N2Ti. The Morgan fingerprint density at radius 3 is 0.759 bits per heavy atom. The fraction of sp³-hybridized carbons (Fsp3) is 0. The molecule has 29 heavy (non-hydrogen) atoms. The zero-order chi connectivity index (χ0) is 18.3. The molecule has 144 valence electrons. The van der Waals surface area contributed by atoms with E-state index in [9.17, 15) is 0 Å². The first-order valence-corrected chi connectivity index (χ1v) is 10.4. The van der Waals surface area contributed by atoms with Gasteiger partial charge in [0, 0.05) is 0 Å². The summed E-state index contributed by atoms with van der Waals surface area (Å²) >= 11 is -0.727. The number of anilines is 4. The van der Waals surface area contributed by atoms with Crippen LogP contribution in [0.4, 0.5) is 22.7 Å². The van der Waals surface area contributed by atoms with Crippen molar-refractivity contribution < 1.29 is 44.5 Å². The van der Waals surface area contributed by atoms with E-state index >= 15 is 0 Å². The topological polar surface area (TPSA) is 6.48 Å². The van der Waals surface area contributed by atoms with Gasteiger partial charge in [-0.2, -0.15) is 0 Å². The van der Waals surface area contributed by atoms with Gasteiger partial charge in [-0.25, -0.2) is 0 Å². The molecule has 4 rings (SSSR count). The van der Waals surface area contributed by atoms with Crippen LogP contribution in [0.2, 0.25) is 0 Å². The minimum absolute atomic E-state index is 0. The van der Waals surface area contributed by atoms with E-state index < -0.39 is 19.7 Å². The summed E-state index contributed by atoms with van der Waals surface area (Å²) in [6, 6.07) is 42.6. The number of nitrogens with zero attached hydrogens (tertiary/aromatic N) is 2. The zero-order valence-electron chi connectivity index (χ0n) is 15.7. The molecule has 0 aromatic heterocycles. The Morgan fingerprint density at radius 2 is 0.552 bits per heavy atom. The quantitative estimate of drug-likeness (QED) is 0.393. The van der Waals surface area contributed by atoms with E-state index in [0.717, 1.165) is 0 Å². The summed E-state index contributed by atoms with van der Waals surface area (Å²) in [5, 5.41) is 0. The Morgan fingerprint density at radius 1 is 0.345 bits per heavy atom. The van der Waals surface area contributed by atoms with Gasteiger partial charge in [0.15, 0.2) is 0 Å². The minimum atomic E-state index is -0.727. The molecule has 0 spiro atoms. The number of benzene rings is 4. The van der Waals surface area contributed by atoms with Crippen molar-refractivity contribution in [3.05, 3.63) is 121 Å². The predicted molar refractivity (Wildman–Crippen MR) is 110 cm³/mol. The third kappa shape index (κ3) is 5.88. The average Bonchev–Trinajstić information content (AvgIpc) is 2.77. The maximum absolute atomic E-state index is 2.46. The second kappa shape index (κ2) is 11.7. The Kier molecular flexibility index (Phi) is 9.30. The molecule has 0 saturated carbocycles. The van der Waals surface area contributed by atoms with E-state index in [0.29, 0.717) is 0 Å². The van der Waals surface area contributed by atoms with E-state index in [1.54, 1.807) is 0 Å². The van der Waals surface area contributed by atoms with Crippen molar-refractivity contribution in [3.8, 4) is 0 Å². The fourth-order valence-electron chi connectivity index (χ4n) is 2.94. The first kappa shape index (κ1) is 23.1. The van der Waals surface area contributed by atoms with Crippen molar-refractivity contribution in [2.45, 2.75) is 0 Å². The van der Waals surface area contributed by atoms with Gasteiger partial charge < -0.3 is 24.8 Å². The molecule has 0 unspecified atom stereocenters. The van der Waals surface area contributed by atoms with Gasteiger partial charge in [-0.05, 0) is 0 Å². The van der Waals surface area contributed by atoms with E-state index in [1.165, 1.54) is 22.7 Å². The number of halogens is 2. The Balaban J connectivity index is 0.00000150. The Bertz CT molecular complexity index is 795. The van der Waals surface area contributed by atoms with Gasteiger partial charge in [0.25, 0.3) is 0 Å². The molecule has 0 fully saturated rings. The molecular weight excluding hydrogens is 435 g/mol. The van der Waals surface area contributed by atoms with E-state index in [1.807, 2.05) is 0 Å². The molecule has 0 heterocycles. The van der Waals surface area contributed by atoms with Crippen LogP contribution in [-0.4, -0.2) is 0 Å². The second-order valence-corrected chi connectivity index (χ2v) is 7.82. The second-order valence-electron chi connectivity index (χ2n) is 6.11. The molecule has 0 saturated heterocycles. The first-order valence-electron chi connectivity index (χ1n) is 8.98. The van der Waals surface area contributed by atoms with Crippen LogP contribution < -0.4 is 31.6 Å². The van der Waals surface area contributed by atoms with Crippen LogP contribution in [0, 0.1) is 0 Å². The van der Waals surface area contributed by atoms with Gasteiger partial charge in [-0.15, -0.1) is 0 Å². The van der Waals surface area contributed by atoms with Crippen LogP contribution in [0.1, 0.15) is 0 Å². The SMILES string of the molecule is [Cl-].[Cl-].c1ccc([N]([Ti+2][N](c2ccccc2)c2ccccc2)c2ccccc2)cc1. The molecule has 0 amide bonds. The first-order chi connectivity index (χ1) is 13.4. The van der Waals surface area contributed by atoms with Crippen molar-refractivity contribution in [1.82, 2.24) is 0 Å². The van der Waals surface area contributed by atoms with Crippen LogP contribution in [-0.2, 0) is 19.7 Å². The van der Waals surface area contributed by atoms with E-state index in [2.05, 4.69) is 128 Å². The summed E-state index contributed by atoms with van der Waals surface area (Å²) in [6.45, 7) is 0. The fourth-order valence-corrected chi connectivity index (χ4v) is 4.90. The average molecular weight is 455 g/mol. The molecule has 4 aromatic rings. The van der Waals surface area contributed by atoms with Crippen LogP contribution in [0.15, 0.2) is 121 Å². The summed E-state index contributed by atoms with van der Waals surface area (Å²) in [7, 11) is 0. The van der Waals surface area contributed by atoms with Gasteiger partial charge in [0.1, 0.15) is 0 Å². The molecule has 0 aliphatic carbocycles. The Hall–Kier alpha value is -2.23. The molecule has 0 N–H and O–H groups in total. The van der Waals surface area contributed by atoms with Crippen LogP contribution in [0.25, 0.3) is 0 Å². The normalized spacial score (nSPS) is 9.38. The van der Waals surface area contributed by atoms with Crippen LogP contribution in [0.5, 0.6) is 0 Å². The number of para-hydroxylation sites is 4. The van der Waals surface area contributed by atoms with Crippen molar-refractivity contribution >= 4 is 22.7 Å². The maximum atomic E-state index is 2.46. The molecule has 0 atom stereocenters. The molecule has 4 aromatic carbocycles. The molecule has 0 bridgehead atoms. The molecule has 5 heteroatoms. The summed E-state index contributed by atoms with van der Waals surface area (Å²) in [4.78, 5) is 0. The standard InChI is InChI=1S/2C12H10N.2ClH.Ti/c2*1-3-7-11(8-4-1)13-12-9-5-2-6-10-12;;;/h2*1-10H;2*1H;/q2*-1;;;+4/p-2. The summed E-state index contributed by atoms with van der Waals surface area (Å²) in [5.41, 5.74) is 4.89. The van der Waals surface area contributed by atoms with Gasteiger partial charge in [-0.1, -0.05) is 0 Å². The molecule has 2 nitrogen and oxygen atoms in total. The van der Waals surface area contributed by atoms with E-state index in [4.69, 9.17) is 0 Å².